The lowest BCUT2D eigenvalue weighted by atomic mass is 9.95. The maximum atomic E-state index is 13.2. The van der Waals surface area contributed by atoms with Gasteiger partial charge in [-0.15, -0.1) is 0 Å². The molecule has 1 aliphatic heterocycles. The smallest absolute Gasteiger partial charge is 0.295 e. The highest BCUT2D eigenvalue weighted by Gasteiger charge is 2.46. The van der Waals surface area contributed by atoms with E-state index in [1.807, 2.05) is 31.2 Å². The molecule has 0 saturated carbocycles. The van der Waals surface area contributed by atoms with Crippen molar-refractivity contribution in [1.82, 2.24) is 9.80 Å². The summed E-state index contributed by atoms with van der Waals surface area (Å²) in [7, 11) is 0. The number of Topliss-reactive ketones (excluding diaryl/α,β-unsaturated/α-hetero) is 1. The normalized spacial score (nSPS) is 17.6. The van der Waals surface area contributed by atoms with Gasteiger partial charge in [0.15, 0.2) is 0 Å². The SMILES string of the molecule is CCN(CC)CCN1C(=O)C(=O)/C(=C(/O)c2ccc(OCC(C)C)c(C)c2)C1c1ccc(Br)cc1. The average molecular weight is 544 g/mol. The van der Waals surface area contributed by atoms with Crippen molar-refractivity contribution in [1.29, 1.82) is 0 Å². The minimum atomic E-state index is -0.659. The van der Waals surface area contributed by atoms with Crippen LogP contribution in [0, 0.1) is 12.8 Å². The highest BCUT2D eigenvalue weighted by Crippen LogP contribution is 2.40. The van der Waals surface area contributed by atoms with Gasteiger partial charge in [-0.05, 0) is 67.4 Å². The monoisotopic (exact) mass is 542 g/mol. The van der Waals surface area contributed by atoms with E-state index in [2.05, 4.69) is 48.5 Å². The molecule has 3 rings (SSSR count). The molecule has 2 aromatic rings. The van der Waals surface area contributed by atoms with Crippen LogP contribution in [0.5, 0.6) is 5.75 Å². The predicted octanol–water partition coefficient (Wildman–Crippen LogP) is 5.56. The summed E-state index contributed by atoms with van der Waals surface area (Å²) in [6.45, 7) is 13.5. The number of benzene rings is 2. The molecule has 35 heavy (non-hydrogen) atoms. The van der Waals surface area contributed by atoms with Gasteiger partial charge >= 0.3 is 0 Å². The maximum absolute atomic E-state index is 13.2. The fourth-order valence-corrected chi connectivity index (χ4v) is 4.53. The topological polar surface area (TPSA) is 70.1 Å². The Morgan fingerprint density at radius 1 is 1.11 bits per heavy atom. The van der Waals surface area contributed by atoms with Crippen LogP contribution in [0.3, 0.4) is 0 Å². The number of aliphatic hydroxyl groups is 1. The molecule has 1 N–H and O–H groups in total. The number of aryl methyl sites for hydroxylation is 1. The molecule has 0 bridgehead atoms. The quantitative estimate of drug-likeness (QED) is 0.242. The number of ketones is 1. The van der Waals surface area contributed by atoms with E-state index in [0.29, 0.717) is 31.2 Å². The van der Waals surface area contributed by atoms with Crippen LogP contribution in [0.1, 0.15) is 50.4 Å². The number of carbonyl (C=O) groups is 2. The second kappa shape index (κ2) is 11.9. The third-order valence-electron chi connectivity index (χ3n) is 6.30. The lowest BCUT2D eigenvalue weighted by molar-refractivity contribution is -0.140. The van der Waals surface area contributed by atoms with Gasteiger partial charge in [0.25, 0.3) is 11.7 Å². The lowest BCUT2D eigenvalue weighted by Gasteiger charge is -2.28. The molecule has 1 atom stereocenters. The molecule has 7 heteroatoms. The Kier molecular flexibility index (Phi) is 9.14. The number of aliphatic hydroxyl groups excluding tert-OH is 1. The van der Waals surface area contributed by atoms with E-state index in [9.17, 15) is 14.7 Å². The van der Waals surface area contributed by atoms with Crippen molar-refractivity contribution in [2.75, 3.05) is 32.8 Å². The number of nitrogens with zero attached hydrogens (tertiary/aromatic N) is 2. The van der Waals surface area contributed by atoms with E-state index in [0.717, 1.165) is 34.4 Å². The first kappa shape index (κ1) is 27.0. The molecule has 0 spiro atoms. The molecule has 188 valence electrons. The van der Waals surface area contributed by atoms with Gasteiger partial charge in [-0.25, -0.2) is 0 Å². The molecule has 1 amide bonds. The molecule has 1 heterocycles. The zero-order chi connectivity index (χ0) is 25.7. The molecule has 1 fully saturated rings. The third kappa shape index (κ3) is 6.14. The van der Waals surface area contributed by atoms with Crippen LogP contribution < -0.4 is 4.74 Å². The largest absolute Gasteiger partial charge is 0.507 e. The van der Waals surface area contributed by atoms with Crippen molar-refractivity contribution < 1.29 is 19.4 Å². The maximum Gasteiger partial charge on any atom is 0.295 e. The zero-order valence-electron chi connectivity index (χ0n) is 21.2. The Hall–Kier alpha value is -2.64. The number of hydrogen-bond acceptors (Lipinski definition) is 5. The fourth-order valence-electron chi connectivity index (χ4n) is 4.26. The minimum Gasteiger partial charge on any atom is -0.507 e. The summed E-state index contributed by atoms with van der Waals surface area (Å²) in [6, 6.07) is 12.2. The van der Waals surface area contributed by atoms with Crippen molar-refractivity contribution in [3.63, 3.8) is 0 Å². The molecule has 1 saturated heterocycles. The van der Waals surface area contributed by atoms with Gasteiger partial charge in [0.05, 0.1) is 18.2 Å². The van der Waals surface area contributed by atoms with Gasteiger partial charge in [0.1, 0.15) is 11.5 Å². The van der Waals surface area contributed by atoms with Crippen LogP contribution in [0.25, 0.3) is 5.76 Å². The predicted molar refractivity (Wildman–Crippen MR) is 142 cm³/mol. The summed E-state index contributed by atoms with van der Waals surface area (Å²) in [5, 5.41) is 11.3. The third-order valence-corrected chi connectivity index (χ3v) is 6.83. The highest BCUT2D eigenvalue weighted by atomic mass is 79.9. The van der Waals surface area contributed by atoms with E-state index in [4.69, 9.17) is 4.74 Å². The number of hydrogen-bond donors (Lipinski definition) is 1. The number of carbonyl (C=O) groups excluding carboxylic acids is 2. The van der Waals surface area contributed by atoms with Crippen LogP contribution in [0.4, 0.5) is 0 Å². The molecule has 1 aliphatic rings. The second-order valence-corrected chi connectivity index (χ2v) is 10.2. The fraction of sp³-hybridized carbons (Fsp3) is 0.429. The minimum absolute atomic E-state index is 0.118. The highest BCUT2D eigenvalue weighted by molar-refractivity contribution is 9.10. The van der Waals surface area contributed by atoms with Crippen molar-refractivity contribution in [3.8, 4) is 5.75 Å². The molecule has 0 aromatic heterocycles. The van der Waals surface area contributed by atoms with Crippen LogP contribution >= 0.6 is 15.9 Å². The number of likely N-dealkylation sites (N-methyl/N-ethyl adjacent to an activating group) is 1. The van der Waals surface area contributed by atoms with Gasteiger partial charge < -0.3 is 19.6 Å². The first-order valence-corrected chi connectivity index (χ1v) is 13.0. The van der Waals surface area contributed by atoms with Crippen molar-refractivity contribution >= 4 is 33.4 Å². The molecule has 2 aromatic carbocycles. The Balaban J connectivity index is 2.04. The van der Waals surface area contributed by atoms with E-state index in [1.165, 1.54) is 0 Å². The van der Waals surface area contributed by atoms with Crippen molar-refractivity contribution in [2.24, 2.45) is 5.92 Å². The lowest BCUT2D eigenvalue weighted by Crippen LogP contribution is -2.38. The molecule has 0 radical (unpaired) electrons. The average Bonchev–Trinajstić information content (AvgIpc) is 3.08. The molecule has 1 unspecified atom stereocenters. The van der Waals surface area contributed by atoms with Crippen LogP contribution in [-0.4, -0.2) is 59.4 Å². The first-order valence-electron chi connectivity index (χ1n) is 12.2. The Morgan fingerprint density at radius 3 is 2.34 bits per heavy atom. The number of halogens is 1. The summed E-state index contributed by atoms with van der Waals surface area (Å²) in [5.41, 5.74) is 2.24. The van der Waals surface area contributed by atoms with Gasteiger partial charge in [0, 0.05) is 23.1 Å². The molecule has 0 aliphatic carbocycles. The summed E-state index contributed by atoms with van der Waals surface area (Å²) in [4.78, 5) is 30.2. The number of rotatable bonds is 10. The molecular weight excluding hydrogens is 508 g/mol. The second-order valence-electron chi connectivity index (χ2n) is 9.26. The van der Waals surface area contributed by atoms with E-state index in [-0.39, 0.29) is 11.3 Å². The van der Waals surface area contributed by atoms with E-state index < -0.39 is 17.7 Å². The molecular formula is C28H35BrN2O4. The Morgan fingerprint density at radius 2 is 1.77 bits per heavy atom. The standard InChI is InChI=1S/C28H35BrN2O4/c1-6-30(7-2)14-15-31-25(20-8-11-22(29)12-9-20)24(27(33)28(31)34)26(32)21-10-13-23(19(5)16-21)35-17-18(3)4/h8-13,16,18,25,32H,6-7,14-15,17H2,1-5H3/b26-24+. The summed E-state index contributed by atoms with van der Waals surface area (Å²) in [6.07, 6.45) is 0. The Bertz CT molecular complexity index is 1090. The van der Waals surface area contributed by atoms with E-state index in [1.54, 1.807) is 23.1 Å². The van der Waals surface area contributed by atoms with Gasteiger partial charge in [-0.3, -0.25) is 9.59 Å². The van der Waals surface area contributed by atoms with Gasteiger partial charge in [-0.1, -0.05) is 55.8 Å². The van der Waals surface area contributed by atoms with Crippen LogP contribution in [-0.2, 0) is 9.59 Å². The summed E-state index contributed by atoms with van der Waals surface area (Å²) < 4.78 is 6.75. The summed E-state index contributed by atoms with van der Waals surface area (Å²) >= 11 is 3.45. The summed E-state index contributed by atoms with van der Waals surface area (Å²) in [5.74, 6) is -0.284. The zero-order valence-corrected chi connectivity index (χ0v) is 22.8. The number of likely N-dealkylation sites (tertiary alicyclic amines) is 1. The number of amides is 1. The van der Waals surface area contributed by atoms with Crippen LogP contribution in [0.2, 0.25) is 0 Å². The van der Waals surface area contributed by atoms with E-state index >= 15 is 0 Å². The van der Waals surface area contributed by atoms with Gasteiger partial charge in [0.2, 0.25) is 0 Å². The first-order chi connectivity index (χ1) is 16.7. The molecule has 6 nitrogen and oxygen atoms in total. The van der Waals surface area contributed by atoms with Crippen LogP contribution in [0.15, 0.2) is 52.5 Å². The number of ether oxygens (including phenoxy) is 1. The Labute approximate surface area is 216 Å². The van der Waals surface area contributed by atoms with Gasteiger partial charge in [-0.2, -0.15) is 0 Å². The van der Waals surface area contributed by atoms with Crippen molar-refractivity contribution in [2.45, 2.75) is 40.7 Å². The van der Waals surface area contributed by atoms with Crippen molar-refractivity contribution in [3.05, 3.63) is 69.2 Å².